The predicted octanol–water partition coefficient (Wildman–Crippen LogP) is 2.69. The van der Waals surface area contributed by atoms with Crippen molar-refractivity contribution >= 4 is 15.9 Å². The number of aryl methyl sites for hydroxylation is 1. The minimum Gasteiger partial charge on any atom is -0.492 e. The lowest BCUT2D eigenvalue weighted by molar-refractivity contribution is 0.228. The van der Waals surface area contributed by atoms with Crippen LogP contribution in [0.25, 0.3) is 0 Å². The van der Waals surface area contributed by atoms with Gasteiger partial charge in [0.1, 0.15) is 18.2 Å². The molecule has 1 aromatic carbocycles. The Morgan fingerprint density at radius 1 is 1.42 bits per heavy atom. The summed E-state index contributed by atoms with van der Waals surface area (Å²) in [6.45, 7) is 2.35. The molecule has 0 N–H and O–H groups in total. The van der Waals surface area contributed by atoms with Crippen LogP contribution in [-0.4, -0.2) is 34.7 Å². The van der Waals surface area contributed by atoms with Gasteiger partial charge in [0.15, 0.2) is 0 Å². The lowest BCUT2D eigenvalue weighted by atomic mass is 10.3. The van der Waals surface area contributed by atoms with Crippen LogP contribution >= 0.6 is 15.9 Å². The Hall–Kier alpha value is -1.33. The van der Waals surface area contributed by atoms with Crippen molar-refractivity contribution in [3.63, 3.8) is 0 Å². The van der Waals surface area contributed by atoms with Crippen LogP contribution in [-0.2, 0) is 13.6 Å². The van der Waals surface area contributed by atoms with Crippen LogP contribution in [0.5, 0.6) is 5.75 Å². The van der Waals surface area contributed by atoms with E-state index in [1.807, 2.05) is 48.3 Å². The third-order valence-corrected chi connectivity index (χ3v) is 3.36. The van der Waals surface area contributed by atoms with E-state index in [0.29, 0.717) is 6.61 Å². The van der Waals surface area contributed by atoms with Gasteiger partial charge in [-0.2, -0.15) is 0 Å². The van der Waals surface area contributed by atoms with Gasteiger partial charge >= 0.3 is 0 Å². The van der Waals surface area contributed by atoms with E-state index in [9.17, 15) is 0 Å². The maximum absolute atomic E-state index is 5.71. The smallest absolute Gasteiger partial charge is 0.122 e. The summed E-state index contributed by atoms with van der Waals surface area (Å²) in [5.74, 6) is 1.95. The molecule has 2 aromatic rings. The Labute approximate surface area is 122 Å². The number of aromatic nitrogens is 2. The summed E-state index contributed by atoms with van der Waals surface area (Å²) in [5.41, 5.74) is 0. The van der Waals surface area contributed by atoms with Gasteiger partial charge in [0.25, 0.3) is 0 Å². The largest absolute Gasteiger partial charge is 0.492 e. The molecule has 0 bridgehead atoms. The van der Waals surface area contributed by atoms with Crippen molar-refractivity contribution in [1.29, 1.82) is 0 Å². The highest BCUT2D eigenvalue weighted by Gasteiger charge is 2.04. The summed E-state index contributed by atoms with van der Waals surface area (Å²) in [5, 5.41) is 0. The summed E-state index contributed by atoms with van der Waals surface area (Å²) in [6.07, 6.45) is 3.78. The Kier molecular flexibility index (Phi) is 4.99. The second-order valence-electron chi connectivity index (χ2n) is 4.50. The summed E-state index contributed by atoms with van der Waals surface area (Å²) in [4.78, 5) is 6.50. The third kappa shape index (κ3) is 4.36. The van der Waals surface area contributed by atoms with E-state index in [2.05, 4.69) is 32.9 Å². The zero-order valence-corrected chi connectivity index (χ0v) is 12.8. The number of hydrogen-bond donors (Lipinski definition) is 0. The van der Waals surface area contributed by atoms with Crippen molar-refractivity contribution in [2.24, 2.45) is 7.05 Å². The van der Waals surface area contributed by atoms with Crippen LogP contribution in [0.4, 0.5) is 0 Å². The van der Waals surface area contributed by atoms with Crippen LogP contribution in [0.15, 0.2) is 41.1 Å². The number of benzene rings is 1. The first kappa shape index (κ1) is 14.1. The van der Waals surface area contributed by atoms with Crippen molar-refractivity contribution < 1.29 is 4.74 Å². The molecule has 0 atom stereocenters. The van der Waals surface area contributed by atoms with E-state index in [-0.39, 0.29) is 0 Å². The molecule has 0 saturated heterocycles. The molecule has 5 heteroatoms. The van der Waals surface area contributed by atoms with Crippen molar-refractivity contribution in [2.45, 2.75) is 6.54 Å². The molecule has 0 radical (unpaired) electrons. The molecule has 1 heterocycles. The molecule has 0 aliphatic heterocycles. The number of likely N-dealkylation sites (N-methyl/N-ethyl adjacent to an activating group) is 1. The molecule has 102 valence electrons. The molecule has 0 aliphatic rings. The van der Waals surface area contributed by atoms with Crippen LogP contribution in [0.2, 0.25) is 0 Å². The monoisotopic (exact) mass is 323 g/mol. The number of halogens is 1. The fourth-order valence-corrected chi connectivity index (χ4v) is 2.12. The molecular weight excluding hydrogens is 306 g/mol. The van der Waals surface area contributed by atoms with Crippen molar-refractivity contribution in [3.05, 3.63) is 47.0 Å². The van der Waals surface area contributed by atoms with E-state index >= 15 is 0 Å². The van der Waals surface area contributed by atoms with E-state index in [1.54, 1.807) is 0 Å². The van der Waals surface area contributed by atoms with Crippen molar-refractivity contribution in [2.75, 3.05) is 20.2 Å². The SMILES string of the molecule is CN(CCOc1cccc(Br)c1)Cc1nccn1C. The topological polar surface area (TPSA) is 30.3 Å². The number of imidazole rings is 1. The normalized spacial score (nSPS) is 10.9. The standard InChI is InChI=1S/C14H18BrN3O/c1-17(11-14-16-6-7-18(14)2)8-9-19-13-5-3-4-12(15)10-13/h3-7,10H,8-9,11H2,1-2H3. The molecule has 0 fully saturated rings. The Morgan fingerprint density at radius 3 is 2.95 bits per heavy atom. The van der Waals surface area contributed by atoms with Gasteiger partial charge in [-0.3, -0.25) is 4.90 Å². The summed E-state index contributed by atoms with van der Waals surface area (Å²) < 4.78 is 8.78. The van der Waals surface area contributed by atoms with E-state index in [1.165, 1.54) is 0 Å². The molecule has 0 saturated carbocycles. The fourth-order valence-electron chi connectivity index (χ4n) is 1.75. The molecule has 19 heavy (non-hydrogen) atoms. The van der Waals surface area contributed by atoms with Gasteiger partial charge < -0.3 is 9.30 Å². The minimum absolute atomic E-state index is 0.664. The molecule has 4 nitrogen and oxygen atoms in total. The maximum atomic E-state index is 5.71. The van der Waals surface area contributed by atoms with Gasteiger partial charge in [-0.15, -0.1) is 0 Å². The number of ether oxygens (including phenoxy) is 1. The number of hydrogen-bond acceptors (Lipinski definition) is 3. The Bertz CT molecular complexity index is 527. The van der Waals surface area contributed by atoms with Gasteiger partial charge in [0, 0.05) is 30.5 Å². The van der Waals surface area contributed by atoms with Crippen LogP contribution < -0.4 is 4.74 Å². The van der Waals surface area contributed by atoms with Crippen molar-refractivity contribution in [1.82, 2.24) is 14.5 Å². The van der Waals surface area contributed by atoms with E-state index in [4.69, 9.17) is 4.74 Å². The van der Waals surface area contributed by atoms with E-state index in [0.717, 1.165) is 29.1 Å². The molecule has 0 aliphatic carbocycles. The van der Waals surface area contributed by atoms with Gasteiger partial charge in [-0.25, -0.2) is 4.98 Å². The first-order chi connectivity index (χ1) is 9.15. The zero-order chi connectivity index (χ0) is 13.7. The summed E-state index contributed by atoms with van der Waals surface area (Å²) in [6, 6.07) is 7.89. The van der Waals surface area contributed by atoms with E-state index < -0.39 is 0 Å². The molecular formula is C14H18BrN3O. The summed E-state index contributed by atoms with van der Waals surface area (Å²) >= 11 is 3.43. The lowest BCUT2D eigenvalue weighted by Crippen LogP contribution is -2.25. The van der Waals surface area contributed by atoms with Gasteiger partial charge in [-0.05, 0) is 25.2 Å². The molecule has 0 amide bonds. The zero-order valence-electron chi connectivity index (χ0n) is 11.2. The third-order valence-electron chi connectivity index (χ3n) is 2.87. The average Bonchev–Trinajstić information content (AvgIpc) is 2.75. The molecule has 0 spiro atoms. The Balaban J connectivity index is 1.75. The average molecular weight is 324 g/mol. The van der Waals surface area contributed by atoms with Gasteiger partial charge in [0.2, 0.25) is 0 Å². The molecule has 0 unspecified atom stereocenters. The van der Waals surface area contributed by atoms with Gasteiger partial charge in [-0.1, -0.05) is 22.0 Å². The summed E-state index contributed by atoms with van der Waals surface area (Å²) in [7, 11) is 4.08. The number of nitrogens with zero attached hydrogens (tertiary/aromatic N) is 3. The fraction of sp³-hybridized carbons (Fsp3) is 0.357. The van der Waals surface area contributed by atoms with Gasteiger partial charge in [0.05, 0.1) is 6.54 Å². The Morgan fingerprint density at radius 2 is 2.26 bits per heavy atom. The highest BCUT2D eigenvalue weighted by Crippen LogP contribution is 2.17. The highest BCUT2D eigenvalue weighted by atomic mass is 79.9. The predicted molar refractivity (Wildman–Crippen MR) is 79.2 cm³/mol. The maximum Gasteiger partial charge on any atom is 0.122 e. The first-order valence-corrected chi connectivity index (χ1v) is 6.97. The number of rotatable bonds is 6. The minimum atomic E-state index is 0.664. The van der Waals surface area contributed by atoms with Crippen molar-refractivity contribution in [3.8, 4) is 5.75 Å². The highest BCUT2D eigenvalue weighted by molar-refractivity contribution is 9.10. The first-order valence-electron chi connectivity index (χ1n) is 6.18. The molecule has 1 aromatic heterocycles. The van der Waals surface area contributed by atoms with Crippen LogP contribution in [0.1, 0.15) is 5.82 Å². The van der Waals surface area contributed by atoms with Crippen LogP contribution in [0.3, 0.4) is 0 Å². The second kappa shape index (κ2) is 6.73. The van der Waals surface area contributed by atoms with Crippen LogP contribution in [0, 0.1) is 0 Å². The second-order valence-corrected chi connectivity index (χ2v) is 5.41. The lowest BCUT2D eigenvalue weighted by Gasteiger charge is -2.16. The quantitative estimate of drug-likeness (QED) is 0.818. The molecule has 2 rings (SSSR count).